The van der Waals surface area contributed by atoms with Crippen molar-refractivity contribution in [3.8, 4) is 5.75 Å². The van der Waals surface area contributed by atoms with E-state index in [4.69, 9.17) is 16.3 Å². The molecule has 0 aromatic heterocycles. The summed E-state index contributed by atoms with van der Waals surface area (Å²) in [5, 5.41) is 2.44. The van der Waals surface area contributed by atoms with Crippen molar-refractivity contribution >= 4 is 57.0 Å². The van der Waals surface area contributed by atoms with E-state index in [1.807, 2.05) is 42.5 Å². The highest BCUT2D eigenvalue weighted by molar-refractivity contribution is 8.19. The summed E-state index contributed by atoms with van der Waals surface area (Å²) in [6.07, 6.45) is 1.71. The second kappa shape index (κ2) is 9.14. The van der Waals surface area contributed by atoms with Crippen LogP contribution in [0, 0.1) is 0 Å². The van der Waals surface area contributed by atoms with Crippen molar-refractivity contribution in [1.82, 2.24) is 0 Å². The third kappa shape index (κ3) is 4.51. The van der Waals surface area contributed by atoms with Gasteiger partial charge >= 0.3 is 0 Å². The Kier molecular flexibility index (Phi) is 5.90. The molecule has 0 bridgehead atoms. The number of rotatable bonds is 5. The SMILES string of the molecule is O=C1S/C(=C\c2cccc(OCc3cccc4ccccc34)c2)C(=O)N1c1cccc(Cl)c1. The van der Waals surface area contributed by atoms with Crippen LogP contribution in [-0.2, 0) is 11.4 Å². The van der Waals surface area contributed by atoms with Crippen LogP contribution < -0.4 is 9.64 Å². The molecule has 0 aliphatic carbocycles. The van der Waals surface area contributed by atoms with Gasteiger partial charge < -0.3 is 4.74 Å². The average Bonchev–Trinajstić information content (AvgIpc) is 3.10. The number of anilines is 1. The molecule has 0 N–H and O–H groups in total. The van der Waals surface area contributed by atoms with Gasteiger partial charge in [-0.3, -0.25) is 9.59 Å². The van der Waals surface area contributed by atoms with Crippen LogP contribution in [0.15, 0.2) is 95.9 Å². The average molecular weight is 472 g/mol. The summed E-state index contributed by atoms with van der Waals surface area (Å²) in [6, 6.07) is 28.5. The van der Waals surface area contributed by atoms with E-state index in [9.17, 15) is 9.59 Å². The van der Waals surface area contributed by atoms with Gasteiger partial charge in [0.15, 0.2) is 0 Å². The van der Waals surface area contributed by atoms with E-state index in [-0.39, 0.29) is 11.1 Å². The van der Waals surface area contributed by atoms with E-state index in [2.05, 4.69) is 24.3 Å². The predicted octanol–water partition coefficient (Wildman–Crippen LogP) is 7.31. The number of hydrogen-bond donors (Lipinski definition) is 0. The van der Waals surface area contributed by atoms with E-state index < -0.39 is 0 Å². The van der Waals surface area contributed by atoms with Gasteiger partial charge in [0.1, 0.15) is 12.4 Å². The van der Waals surface area contributed by atoms with Gasteiger partial charge in [0.05, 0.1) is 10.6 Å². The van der Waals surface area contributed by atoms with Gasteiger partial charge in [0, 0.05) is 5.02 Å². The molecule has 0 unspecified atom stereocenters. The Labute approximate surface area is 200 Å². The molecule has 4 aromatic rings. The number of hydrogen-bond acceptors (Lipinski definition) is 4. The first-order valence-corrected chi connectivity index (χ1v) is 11.5. The summed E-state index contributed by atoms with van der Waals surface area (Å²) < 4.78 is 6.04. The minimum Gasteiger partial charge on any atom is -0.489 e. The molecule has 6 heteroatoms. The lowest BCUT2D eigenvalue weighted by Gasteiger charge is -2.12. The lowest BCUT2D eigenvalue weighted by molar-refractivity contribution is -0.113. The molecule has 1 fully saturated rings. The van der Waals surface area contributed by atoms with Crippen LogP contribution >= 0.6 is 23.4 Å². The lowest BCUT2D eigenvalue weighted by Crippen LogP contribution is -2.27. The number of carbonyl (C=O) groups excluding carboxylic acids is 2. The first-order chi connectivity index (χ1) is 16.1. The summed E-state index contributed by atoms with van der Waals surface area (Å²) in [6.45, 7) is 0.427. The number of nitrogens with zero attached hydrogens (tertiary/aromatic N) is 1. The highest BCUT2D eigenvalue weighted by Gasteiger charge is 2.36. The Hall–Kier alpha value is -3.54. The van der Waals surface area contributed by atoms with Crippen LogP contribution in [0.4, 0.5) is 10.5 Å². The fourth-order valence-corrected chi connectivity index (χ4v) is 4.76. The summed E-state index contributed by atoms with van der Waals surface area (Å²) in [7, 11) is 0. The minimum atomic E-state index is -0.366. The Morgan fingerprint density at radius 1 is 0.879 bits per heavy atom. The molecule has 0 radical (unpaired) electrons. The van der Waals surface area contributed by atoms with Gasteiger partial charge in [-0.15, -0.1) is 0 Å². The van der Waals surface area contributed by atoms with E-state index in [1.165, 1.54) is 5.39 Å². The molecule has 2 amide bonds. The molecule has 4 nitrogen and oxygen atoms in total. The van der Waals surface area contributed by atoms with E-state index in [0.717, 1.165) is 33.2 Å². The maximum absolute atomic E-state index is 12.9. The normalized spacial score (nSPS) is 14.9. The van der Waals surface area contributed by atoms with Crippen LogP contribution in [0.1, 0.15) is 11.1 Å². The van der Waals surface area contributed by atoms with Gasteiger partial charge in [-0.2, -0.15) is 0 Å². The van der Waals surface area contributed by atoms with Gasteiger partial charge in [0.25, 0.3) is 11.1 Å². The summed E-state index contributed by atoms with van der Waals surface area (Å²) in [5.41, 5.74) is 2.34. The topological polar surface area (TPSA) is 46.6 Å². The Bertz CT molecular complexity index is 1410. The quantitative estimate of drug-likeness (QED) is 0.286. The Balaban J connectivity index is 1.35. The first kappa shape index (κ1) is 21.3. The molecule has 1 heterocycles. The maximum Gasteiger partial charge on any atom is 0.298 e. The van der Waals surface area contributed by atoms with Crippen molar-refractivity contribution < 1.29 is 14.3 Å². The smallest absolute Gasteiger partial charge is 0.298 e. The Morgan fingerprint density at radius 2 is 1.67 bits per heavy atom. The van der Waals surface area contributed by atoms with Crippen molar-refractivity contribution in [2.75, 3.05) is 4.90 Å². The fourth-order valence-electron chi connectivity index (χ4n) is 3.73. The monoisotopic (exact) mass is 471 g/mol. The summed E-state index contributed by atoms with van der Waals surface area (Å²) in [5.74, 6) is 0.320. The number of fused-ring (bicyclic) bond motifs is 1. The number of ether oxygens (including phenoxy) is 1. The molecular formula is C27H18ClNO3S. The molecular weight excluding hydrogens is 454 g/mol. The largest absolute Gasteiger partial charge is 0.489 e. The van der Waals surface area contributed by atoms with Crippen LogP contribution in [0.2, 0.25) is 5.02 Å². The standard InChI is InChI=1S/C27H18ClNO3S/c28-21-10-5-11-22(16-21)29-26(30)25(33-27(29)31)15-18-6-3-12-23(14-18)32-17-20-9-4-8-19-7-1-2-13-24(19)20/h1-16H,17H2/b25-15-. The van der Waals surface area contributed by atoms with Gasteiger partial charge in [0.2, 0.25) is 0 Å². The number of amides is 2. The number of carbonyl (C=O) groups is 2. The van der Waals surface area contributed by atoms with Crippen molar-refractivity contribution in [3.63, 3.8) is 0 Å². The minimum absolute atomic E-state index is 0.350. The number of imide groups is 1. The second-order valence-corrected chi connectivity index (χ2v) is 8.93. The molecule has 0 saturated carbocycles. The molecule has 162 valence electrons. The van der Waals surface area contributed by atoms with E-state index in [1.54, 1.807) is 30.3 Å². The molecule has 5 rings (SSSR count). The van der Waals surface area contributed by atoms with Crippen molar-refractivity contribution in [2.24, 2.45) is 0 Å². The number of thioether (sulfide) groups is 1. The highest BCUT2D eigenvalue weighted by atomic mass is 35.5. The summed E-state index contributed by atoms with van der Waals surface area (Å²) >= 11 is 6.93. The zero-order valence-electron chi connectivity index (χ0n) is 17.4. The van der Waals surface area contributed by atoms with Crippen LogP contribution in [0.25, 0.3) is 16.8 Å². The second-order valence-electron chi connectivity index (χ2n) is 7.50. The molecule has 1 saturated heterocycles. The van der Waals surface area contributed by atoms with Gasteiger partial charge in [-0.25, -0.2) is 4.90 Å². The maximum atomic E-state index is 12.9. The third-order valence-corrected chi connectivity index (χ3v) is 6.39. The van der Waals surface area contributed by atoms with E-state index >= 15 is 0 Å². The van der Waals surface area contributed by atoms with Crippen molar-refractivity contribution in [2.45, 2.75) is 6.61 Å². The molecule has 4 aromatic carbocycles. The Morgan fingerprint density at radius 3 is 2.55 bits per heavy atom. The summed E-state index contributed by atoms with van der Waals surface area (Å²) in [4.78, 5) is 26.9. The van der Waals surface area contributed by atoms with Crippen molar-refractivity contribution in [3.05, 3.63) is 112 Å². The van der Waals surface area contributed by atoms with Crippen molar-refractivity contribution in [1.29, 1.82) is 0 Å². The highest BCUT2D eigenvalue weighted by Crippen LogP contribution is 2.36. The number of halogens is 1. The van der Waals surface area contributed by atoms with Gasteiger partial charge in [-0.05, 0) is 70.1 Å². The third-order valence-electron chi connectivity index (χ3n) is 5.29. The van der Waals surface area contributed by atoms with Crippen LogP contribution in [0.5, 0.6) is 5.75 Å². The molecule has 33 heavy (non-hydrogen) atoms. The van der Waals surface area contributed by atoms with E-state index in [0.29, 0.717) is 28.0 Å². The van der Waals surface area contributed by atoms with Gasteiger partial charge in [-0.1, -0.05) is 72.3 Å². The van der Waals surface area contributed by atoms with Crippen LogP contribution in [0.3, 0.4) is 0 Å². The number of benzene rings is 4. The fraction of sp³-hybridized carbons (Fsp3) is 0.0370. The molecule has 0 spiro atoms. The van der Waals surface area contributed by atoms with Crippen LogP contribution in [-0.4, -0.2) is 11.1 Å². The zero-order chi connectivity index (χ0) is 22.8. The molecule has 0 atom stereocenters. The predicted molar refractivity (Wildman–Crippen MR) is 135 cm³/mol. The molecule has 1 aliphatic heterocycles. The zero-order valence-corrected chi connectivity index (χ0v) is 19.0. The first-order valence-electron chi connectivity index (χ1n) is 10.3. The molecule has 1 aliphatic rings. The lowest BCUT2D eigenvalue weighted by atomic mass is 10.1.